The van der Waals surface area contributed by atoms with Gasteiger partial charge >= 0.3 is 6.61 Å². The summed E-state index contributed by atoms with van der Waals surface area (Å²) in [6.07, 6.45) is 4.76. The molecule has 0 aromatic carbocycles. The maximum Gasteiger partial charge on any atom is 0.388 e. The SMILES string of the molecule is N#CC1(n2ccc(C(=O)NCC(=O)Nc3nc(-c4cccc(OC(F)F)n4)cs3)c2)CC1. The Morgan fingerprint density at radius 3 is 2.81 bits per heavy atom. The molecule has 1 fully saturated rings. The smallest absolute Gasteiger partial charge is 0.388 e. The van der Waals surface area contributed by atoms with Crippen LogP contribution in [0.4, 0.5) is 13.9 Å². The van der Waals surface area contributed by atoms with Gasteiger partial charge in [-0.2, -0.15) is 14.0 Å². The molecule has 0 radical (unpaired) electrons. The van der Waals surface area contributed by atoms with Crippen molar-refractivity contribution in [3.05, 3.63) is 47.6 Å². The van der Waals surface area contributed by atoms with E-state index in [1.165, 1.54) is 12.1 Å². The van der Waals surface area contributed by atoms with E-state index in [0.717, 1.165) is 24.2 Å². The monoisotopic (exact) mass is 458 g/mol. The minimum Gasteiger partial charge on any atom is -0.417 e. The van der Waals surface area contributed by atoms with Crippen molar-refractivity contribution in [1.29, 1.82) is 5.26 Å². The van der Waals surface area contributed by atoms with Gasteiger partial charge in [-0.15, -0.1) is 11.3 Å². The molecule has 164 valence electrons. The number of nitrogens with zero attached hydrogens (tertiary/aromatic N) is 4. The second kappa shape index (κ2) is 8.72. The molecule has 1 aliphatic carbocycles. The van der Waals surface area contributed by atoms with E-state index in [-0.39, 0.29) is 17.6 Å². The normalized spacial score (nSPS) is 13.9. The zero-order valence-electron chi connectivity index (χ0n) is 16.4. The van der Waals surface area contributed by atoms with E-state index in [1.807, 2.05) is 0 Å². The van der Waals surface area contributed by atoms with Crippen LogP contribution in [0.3, 0.4) is 0 Å². The predicted molar refractivity (Wildman–Crippen MR) is 110 cm³/mol. The van der Waals surface area contributed by atoms with Gasteiger partial charge in [0.2, 0.25) is 11.8 Å². The first-order valence-electron chi connectivity index (χ1n) is 9.44. The maximum absolute atomic E-state index is 12.3. The first-order valence-corrected chi connectivity index (χ1v) is 10.3. The Labute approximate surface area is 184 Å². The van der Waals surface area contributed by atoms with Crippen LogP contribution in [0.25, 0.3) is 11.4 Å². The van der Waals surface area contributed by atoms with E-state index in [1.54, 1.807) is 34.5 Å². The van der Waals surface area contributed by atoms with Crippen LogP contribution in [0, 0.1) is 11.3 Å². The lowest BCUT2D eigenvalue weighted by atomic mass is 10.3. The molecule has 3 aromatic heterocycles. The second-order valence-electron chi connectivity index (χ2n) is 6.96. The van der Waals surface area contributed by atoms with Crippen molar-refractivity contribution in [2.24, 2.45) is 0 Å². The van der Waals surface area contributed by atoms with Crippen LogP contribution in [0.1, 0.15) is 23.2 Å². The highest BCUT2D eigenvalue weighted by molar-refractivity contribution is 7.14. The number of rotatable bonds is 8. The molecule has 0 bridgehead atoms. The quantitative estimate of drug-likeness (QED) is 0.535. The third-order valence-electron chi connectivity index (χ3n) is 4.74. The topological polar surface area (TPSA) is 122 Å². The summed E-state index contributed by atoms with van der Waals surface area (Å²) in [7, 11) is 0. The molecule has 0 atom stereocenters. The number of nitrogens with one attached hydrogen (secondary N) is 2. The molecule has 0 unspecified atom stereocenters. The number of nitriles is 1. The zero-order valence-corrected chi connectivity index (χ0v) is 17.2. The van der Waals surface area contributed by atoms with Crippen LogP contribution < -0.4 is 15.4 Å². The molecule has 4 rings (SSSR count). The van der Waals surface area contributed by atoms with Gasteiger partial charge in [0.25, 0.3) is 5.91 Å². The van der Waals surface area contributed by atoms with Gasteiger partial charge in [-0.3, -0.25) is 9.59 Å². The summed E-state index contributed by atoms with van der Waals surface area (Å²) in [5.74, 6) is -1.17. The lowest BCUT2D eigenvalue weighted by Crippen LogP contribution is -2.32. The van der Waals surface area contributed by atoms with Gasteiger partial charge in [0.05, 0.1) is 23.9 Å². The van der Waals surface area contributed by atoms with Gasteiger partial charge in [-0.05, 0) is 25.0 Å². The van der Waals surface area contributed by atoms with Gasteiger partial charge in [-0.1, -0.05) is 6.07 Å². The van der Waals surface area contributed by atoms with Gasteiger partial charge in [0.15, 0.2) is 5.13 Å². The lowest BCUT2D eigenvalue weighted by Gasteiger charge is -2.07. The summed E-state index contributed by atoms with van der Waals surface area (Å²) in [4.78, 5) is 32.6. The molecule has 0 aliphatic heterocycles. The number of hydrogen-bond acceptors (Lipinski definition) is 7. The molecule has 2 amide bonds. The van der Waals surface area contributed by atoms with Gasteiger partial charge < -0.3 is 19.9 Å². The summed E-state index contributed by atoms with van der Waals surface area (Å²) >= 11 is 1.12. The Bertz CT molecular complexity index is 1200. The first-order chi connectivity index (χ1) is 15.4. The highest BCUT2D eigenvalue weighted by Crippen LogP contribution is 2.42. The second-order valence-corrected chi connectivity index (χ2v) is 7.82. The van der Waals surface area contributed by atoms with Crippen LogP contribution in [-0.2, 0) is 10.3 Å². The molecule has 3 aromatic rings. The van der Waals surface area contributed by atoms with Crippen LogP contribution in [0.15, 0.2) is 42.0 Å². The standard InChI is InChI=1S/C20H16F2N6O3S/c21-18(22)31-16-3-1-2-13(25-16)14-10-32-19(26-14)27-15(29)8-24-17(30)12-4-7-28(9-12)20(11-23)5-6-20/h1-4,7,9-10,18H,5-6,8H2,(H,24,30)(H,26,27,29). The van der Waals surface area contributed by atoms with Crippen molar-refractivity contribution < 1.29 is 23.1 Å². The summed E-state index contributed by atoms with van der Waals surface area (Å²) in [6, 6.07) is 8.21. The predicted octanol–water partition coefficient (Wildman–Crippen LogP) is 2.99. The third kappa shape index (κ3) is 4.73. The fraction of sp³-hybridized carbons (Fsp3) is 0.250. The number of ether oxygens (including phenoxy) is 1. The number of pyridine rings is 1. The van der Waals surface area contributed by atoms with Gasteiger partial charge in [-0.25, -0.2) is 9.97 Å². The number of carbonyl (C=O) groups is 2. The van der Waals surface area contributed by atoms with Crippen LogP contribution in [-0.4, -0.2) is 39.5 Å². The van der Waals surface area contributed by atoms with E-state index < -0.39 is 24.0 Å². The highest BCUT2D eigenvalue weighted by Gasteiger charge is 2.44. The number of halogens is 2. The lowest BCUT2D eigenvalue weighted by molar-refractivity contribution is -0.115. The summed E-state index contributed by atoms with van der Waals surface area (Å²) in [5.41, 5.74) is 0.483. The van der Waals surface area contributed by atoms with Gasteiger partial charge in [0, 0.05) is 23.8 Å². The average molecular weight is 458 g/mol. The Morgan fingerprint density at radius 1 is 1.28 bits per heavy atom. The van der Waals surface area contributed by atoms with Crippen molar-refractivity contribution >= 4 is 28.3 Å². The maximum atomic E-state index is 12.3. The fourth-order valence-electron chi connectivity index (χ4n) is 2.93. The zero-order chi connectivity index (χ0) is 22.7. The number of anilines is 1. The van der Waals surface area contributed by atoms with Crippen molar-refractivity contribution in [2.75, 3.05) is 11.9 Å². The number of carbonyl (C=O) groups excluding carboxylic acids is 2. The molecule has 2 N–H and O–H groups in total. The molecular formula is C20H16F2N6O3S. The summed E-state index contributed by atoms with van der Waals surface area (Å²) < 4.78 is 30.7. The van der Waals surface area contributed by atoms with E-state index in [9.17, 15) is 23.6 Å². The molecule has 1 saturated carbocycles. The largest absolute Gasteiger partial charge is 0.417 e. The van der Waals surface area contributed by atoms with Crippen LogP contribution in [0.5, 0.6) is 5.88 Å². The van der Waals surface area contributed by atoms with E-state index in [0.29, 0.717) is 17.0 Å². The average Bonchev–Trinajstić information content (AvgIpc) is 3.17. The molecule has 9 nitrogen and oxygen atoms in total. The number of thiazole rings is 1. The summed E-state index contributed by atoms with van der Waals surface area (Å²) in [6.45, 7) is -3.27. The number of amides is 2. The minimum absolute atomic E-state index is 0.241. The molecule has 0 spiro atoms. The fourth-order valence-corrected chi connectivity index (χ4v) is 3.65. The van der Waals surface area contributed by atoms with Crippen molar-refractivity contribution in [2.45, 2.75) is 25.0 Å². The molecule has 12 heteroatoms. The van der Waals surface area contributed by atoms with E-state index in [4.69, 9.17) is 0 Å². The van der Waals surface area contributed by atoms with E-state index in [2.05, 4.69) is 31.4 Å². The van der Waals surface area contributed by atoms with Crippen LogP contribution >= 0.6 is 11.3 Å². The Balaban J connectivity index is 1.31. The Kier molecular flexibility index (Phi) is 5.83. The summed E-state index contributed by atoms with van der Waals surface area (Å²) in [5, 5.41) is 16.2. The Hall–Kier alpha value is -3.85. The number of aromatic nitrogens is 3. The number of alkyl halides is 2. The van der Waals surface area contributed by atoms with Crippen LogP contribution in [0.2, 0.25) is 0 Å². The van der Waals surface area contributed by atoms with E-state index >= 15 is 0 Å². The third-order valence-corrected chi connectivity index (χ3v) is 5.49. The molecule has 32 heavy (non-hydrogen) atoms. The molecule has 1 aliphatic rings. The van der Waals surface area contributed by atoms with Crippen molar-refractivity contribution in [3.63, 3.8) is 0 Å². The van der Waals surface area contributed by atoms with Crippen molar-refractivity contribution in [3.8, 4) is 23.3 Å². The molecule has 3 heterocycles. The minimum atomic E-state index is -2.99. The van der Waals surface area contributed by atoms with Crippen molar-refractivity contribution in [1.82, 2.24) is 19.9 Å². The molecular weight excluding hydrogens is 442 g/mol. The first kappa shape index (κ1) is 21.4. The number of hydrogen-bond donors (Lipinski definition) is 2. The Morgan fingerprint density at radius 2 is 2.09 bits per heavy atom. The molecule has 0 saturated heterocycles. The van der Waals surface area contributed by atoms with Gasteiger partial charge in [0.1, 0.15) is 11.2 Å². The highest BCUT2D eigenvalue weighted by atomic mass is 32.1.